The molecule has 0 bridgehead atoms. The number of hydrazine groups is 1. The van der Waals surface area contributed by atoms with Crippen molar-refractivity contribution in [3.8, 4) is 0 Å². The predicted molar refractivity (Wildman–Crippen MR) is 57.5 cm³/mol. The van der Waals surface area contributed by atoms with Crippen molar-refractivity contribution >= 4 is 21.9 Å². The average molecular weight is 263 g/mol. The molecule has 2 N–H and O–H groups in total. The van der Waals surface area contributed by atoms with Gasteiger partial charge in [-0.15, -0.1) is 0 Å². The fourth-order valence-electron chi connectivity index (χ4n) is 0.977. The number of hydrogen-bond acceptors (Lipinski definition) is 4. The molecule has 1 atom stereocenters. The number of nitrogens with one attached hydrogen (secondary N) is 2. The van der Waals surface area contributed by atoms with Gasteiger partial charge in [-0.1, -0.05) is 15.9 Å². The van der Waals surface area contributed by atoms with Gasteiger partial charge in [0.2, 0.25) is 0 Å². The minimum absolute atomic E-state index is 0.307. The van der Waals surface area contributed by atoms with E-state index in [9.17, 15) is 4.79 Å². The van der Waals surface area contributed by atoms with Crippen LogP contribution in [-0.4, -0.2) is 17.1 Å². The molecule has 0 aromatic heterocycles. The van der Waals surface area contributed by atoms with Crippen LogP contribution in [0.15, 0.2) is 10.7 Å². The standard InChI is InChI=1S/C9H15BrN2O2/c1-8(2,3)14-7(13)9(4)6(10)5-11-12-9/h5,11-12H,1-4H3. The lowest BCUT2D eigenvalue weighted by molar-refractivity contribution is -0.160. The average Bonchev–Trinajstić information content (AvgIpc) is 2.30. The molecule has 80 valence electrons. The molecule has 1 aliphatic rings. The first kappa shape index (κ1) is 11.5. The molecule has 1 rings (SSSR count). The number of carbonyl (C=O) groups excluding carboxylic acids is 1. The van der Waals surface area contributed by atoms with E-state index in [-0.39, 0.29) is 5.97 Å². The molecule has 5 heteroatoms. The molecule has 14 heavy (non-hydrogen) atoms. The second-order valence-corrected chi connectivity index (χ2v) is 5.24. The third-order valence-electron chi connectivity index (χ3n) is 1.81. The van der Waals surface area contributed by atoms with Crippen LogP contribution in [0.1, 0.15) is 27.7 Å². The van der Waals surface area contributed by atoms with E-state index in [0.717, 1.165) is 4.48 Å². The number of rotatable bonds is 1. The summed E-state index contributed by atoms with van der Waals surface area (Å²) in [7, 11) is 0. The zero-order valence-corrected chi connectivity index (χ0v) is 10.4. The second kappa shape index (κ2) is 3.55. The van der Waals surface area contributed by atoms with Gasteiger partial charge in [0.1, 0.15) is 5.60 Å². The minimum Gasteiger partial charge on any atom is -0.458 e. The number of halogens is 1. The molecule has 0 saturated carbocycles. The lowest BCUT2D eigenvalue weighted by Crippen LogP contribution is -2.52. The van der Waals surface area contributed by atoms with Crippen molar-refractivity contribution in [2.75, 3.05) is 0 Å². The van der Waals surface area contributed by atoms with E-state index >= 15 is 0 Å². The molecule has 1 unspecified atom stereocenters. The first-order valence-electron chi connectivity index (χ1n) is 4.38. The summed E-state index contributed by atoms with van der Waals surface area (Å²) in [5.41, 5.74) is 4.31. The Morgan fingerprint density at radius 1 is 1.57 bits per heavy atom. The van der Waals surface area contributed by atoms with Gasteiger partial charge in [0.25, 0.3) is 0 Å². The quantitative estimate of drug-likeness (QED) is 0.703. The Morgan fingerprint density at radius 2 is 2.14 bits per heavy atom. The van der Waals surface area contributed by atoms with Crippen LogP contribution in [0.2, 0.25) is 0 Å². The second-order valence-electron chi connectivity index (χ2n) is 4.39. The smallest absolute Gasteiger partial charge is 0.333 e. The fraction of sp³-hybridized carbons (Fsp3) is 0.667. The molecule has 0 radical (unpaired) electrons. The lowest BCUT2D eigenvalue weighted by Gasteiger charge is -2.28. The molecular formula is C9H15BrN2O2. The van der Waals surface area contributed by atoms with Crippen LogP contribution < -0.4 is 10.9 Å². The SMILES string of the molecule is CC(C)(C)OC(=O)C1(C)NNC=C1Br. The van der Waals surface area contributed by atoms with Crippen LogP contribution >= 0.6 is 15.9 Å². The molecular weight excluding hydrogens is 248 g/mol. The number of carbonyl (C=O) groups is 1. The topological polar surface area (TPSA) is 50.4 Å². The fourth-order valence-corrected chi connectivity index (χ4v) is 1.35. The molecule has 1 heterocycles. The Bertz CT molecular complexity index is 283. The van der Waals surface area contributed by atoms with Crippen LogP contribution in [0.25, 0.3) is 0 Å². The number of esters is 1. The Balaban J connectivity index is 2.75. The van der Waals surface area contributed by atoms with Crippen molar-refractivity contribution < 1.29 is 9.53 Å². The zero-order chi connectivity index (χ0) is 11.0. The van der Waals surface area contributed by atoms with E-state index in [1.54, 1.807) is 13.1 Å². The summed E-state index contributed by atoms with van der Waals surface area (Å²) in [6.45, 7) is 7.28. The summed E-state index contributed by atoms with van der Waals surface area (Å²) >= 11 is 3.30. The maximum atomic E-state index is 11.8. The summed E-state index contributed by atoms with van der Waals surface area (Å²) in [6, 6.07) is 0. The van der Waals surface area contributed by atoms with E-state index in [2.05, 4.69) is 26.8 Å². The van der Waals surface area contributed by atoms with Crippen LogP contribution in [0.4, 0.5) is 0 Å². The largest absolute Gasteiger partial charge is 0.458 e. The summed E-state index contributed by atoms with van der Waals surface area (Å²) in [5, 5.41) is 0. The molecule has 0 aromatic rings. The Kier molecular flexibility index (Phi) is 2.92. The van der Waals surface area contributed by atoms with Crippen molar-refractivity contribution in [2.24, 2.45) is 0 Å². The summed E-state index contributed by atoms with van der Waals surface area (Å²) in [6.07, 6.45) is 1.68. The maximum absolute atomic E-state index is 11.8. The van der Waals surface area contributed by atoms with Gasteiger partial charge in [-0.2, -0.15) is 0 Å². The molecule has 0 spiro atoms. The van der Waals surface area contributed by atoms with Crippen molar-refractivity contribution in [1.82, 2.24) is 10.9 Å². The van der Waals surface area contributed by atoms with E-state index in [4.69, 9.17) is 4.74 Å². The third kappa shape index (κ3) is 2.27. The van der Waals surface area contributed by atoms with Crippen molar-refractivity contribution in [3.05, 3.63) is 10.7 Å². The number of hydrogen-bond donors (Lipinski definition) is 2. The van der Waals surface area contributed by atoms with Crippen LogP contribution in [0, 0.1) is 0 Å². The van der Waals surface area contributed by atoms with Crippen molar-refractivity contribution in [2.45, 2.75) is 38.8 Å². The zero-order valence-electron chi connectivity index (χ0n) is 8.77. The van der Waals surface area contributed by atoms with Gasteiger partial charge < -0.3 is 10.2 Å². The van der Waals surface area contributed by atoms with Crippen molar-refractivity contribution in [3.63, 3.8) is 0 Å². The van der Waals surface area contributed by atoms with Crippen molar-refractivity contribution in [1.29, 1.82) is 0 Å². The molecule has 0 saturated heterocycles. The maximum Gasteiger partial charge on any atom is 0.333 e. The summed E-state index contributed by atoms with van der Waals surface area (Å²) in [5.74, 6) is -0.307. The van der Waals surface area contributed by atoms with Gasteiger partial charge in [0.05, 0.1) is 0 Å². The molecule has 4 nitrogen and oxygen atoms in total. The highest BCUT2D eigenvalue weighted by atomic mass is 79.9. The van der Waals surface area contributed by atoms with Crippen LogP contribution in [-0.2, 0) is 9.53 Å². The normalized spacial score (nSPS) is 26.8. The van der Waals surface area contributed by atoms with Gasteiger partial charge in [-0.05, 0) is 27.7 Å². The minimum atomic E-state index is -0.826. The van der Waals surface area contributed by atoms with E-state index in [0.29, 0.717) is 0 Å². The lowest BCUT2D eigenvalue weighted by atomic mass is 10.0. The van der Waals surface area contributed by atoms with Gasteiger partial charge in [-0.3, -0.25) is 0 Å². The van der Waals surface area contributed by atoms with E-state index in [1.807, 2.05) is 20.8 Å². The van der Waals surface area contributed by atoms with E-state index in [1.165, 1.54) is 0 Å². The first-order valence-corrected chi connectivity index (χ1v) is 5.17. The summed E-state index contributed by atoms with van der Waals surface area (Å²) in [4.78, 5) is 11.8. The highest BCUT2D eigenvalue weighted by Gasteiger charge is 2.42. The van der Waals surface area contributed by atoms with Gasteiger partial charge >= 0.3 is 5.97 Å². The molecule has 1 aliphatic heterocycles. The molecule has 0 aromatic carbocycles. The molecule has 0 aliphatic carbocycles. The molecule has 0 amide bonds. The van der Waals surface area contributed by atoms with E-state index < -0.39 is 11.1 Å². The van der Waals surface area contributed by atoms with Gasteiger partial charge in [-0.25, -0.2) is 10.2 Å². The Labute approximate surface area is 92.2 Å². The number of ether oxygens (including phenoxy) is 1. The molecule has 0 fully saturated rings. The predicted octanol–water partition coefficient (Wildman–Crippen LogP) is 1.43. The first-order chi connectivity index (χ1) is 6.26. The highest BCUT2D eigenvalue weighted by molar-refractivity contribution is 9.11. The monoisotopic (exact) mass is 262 g/mol. The van der Waals surface area contributed by atoms with Gasteiger partial charge in [0.15, 0.2) is 5.54 Å². The van der Waals surface area contributed by atoms with Crippen LogP contribution in [0.5, 0.6) is 0 Å². The third-order valence-corrected chi connectivity index (χ3v) is 2.83. The van der Waals surface area contributed by atoms with Crippen LogP contribution in [0.3, 0.4) is 0 Å². The summed E-state index contributed by atoms with van der Waals surface area (Å²) < 4.78 is 6.02. The highest BCUT2D eigenvalue weighted by Crippen LogP contribution is 2.27. The Morgan fingerprint density at radius 3 is 2.50 bits per heavy atom. The Hall–Kier alpha value is -0.550. The van der Waals surface area contributed by atoms with Gasteiger partial charge in [0, 0.05) is 10.7 Å².